The molecule has 0 saturated carbocycles. The number of nitrogens with zero attached hydrogens (tertiary/aromatic N) is 1. The molecule has 1 aromatic heterocycles. The molecule has 1 rings (SSSR count). The van der Waals surface area contributed by atoms with Gasteiger partial charge in [-0.1, -0.05) is 18.3 Å². The van der Waals surface area contributed by atoms with Crippen molar-refractivity contribution in [2.24, 2.45) is 5.73 Å². The molecule has 0 saturated heterocycles. The maximum atomic E-state index is 5.50. The number of thiocarbonyl (C=S) groups is 1. The molecule has 0 unspecified atom stereocenters. The second-order valence-electron chi connectivity index (χ2n) is 2.51. The van der Waals surface area contributed by atoms with Crippen molar-refractivity contribution >= 4 is 17.2 Å². The average molecular weight is 196 g/mol. The van der Waals surface area contributed by atoms with Gasteiger partial charge in [0.2, 0.25) is 0 Å². The van der Waals surface area contributed by atoms with Gasteiger partial charge in [-0.05, 0) is 13.0 Å². The van der Waals surface area contributed by atoms with E-state index in [2.05, 4.69) is 4.98 Å². The van der Waals surface area contributed by atoms with Crippen LogP contribution in [0.1, 0.15) is 18.2 Å². The lowest BCUT2D eigenvalue weighted by Crippen LogP contribution is -2.14. The van der Waals surface area contributed by atoms with Gasteiger partial charge in [-0.15, -0.1) is 0 Å². The van der Waals surface area contributed by atoms with E-state index in [9.17, 15) is 0 Å². The summed E-state index contributed by atoms with van der Waals surface area (Å²) in [4.78, 5) is 4.40. The molecule has 4 heteroatoms. The molecule has 1 heterocycles. The number of pyridine rings is 1. The van der Waals surface area contributed by atoms with Crippen LogP contribution in [0.4, 0.5) is 0 Å². The fraction of sp³-hybridized carbons (Fsp3) is 0.333. The molecule has 0 bridgehead atoms. The van der Waals surface area contributed by atoms with Crippen LogP contribution in [0.2, 0.25) is 0 Å². The van der Waals surface area contributed by atoms with Crippen LogP contribution in [-0.2, 0) is 11.3 Å². The van der Waals surface area contributed by atoms with E-state index in [-0.39, 0.29) is 0 Å². The molecule has 1 aromatic rings. The first-order valence-electron chi connectivity index (χ1n) is 4.07. The minimum atomic E-state index is 0.315. The Morgan fingerprint density at radius 2 is 2.46 bits per heavy atom. The molecule has 2 N–H and O–H groups in total. The van der Waals surface area contributed by atoms with E-state index in [4.69, 9.17) is 22.7 Å². The number of hydrogen-bond acceptors (Lipinski definition) is 3. The van der Waals surface area contributed by atoms with Crippen LogP contribution in [0.3, 0.4) is 0 Å². The molecule has 13 heavy (non-hydrogen) atoms. The highest BCUT2D eigenvalue weighted by Gasteiger charge is 2.04. The monoisotopic (exact) mass is 196 g/mol. The lowest BCUT2D eigenvalue weighted by Gasteiger charge is -2.05. The van der Waals surface area contributed by atoms with Gasteiger partial charge < -0.3 is 10.5 Å². The molecule has 0 aliphatic heterocycles. The van der Waals surface area contributed by atoms with Gasteiger partial charge in [0.1, 0.15) is 10.7 Å². The van der Waals surface area contributed by atoms with Crippen molar-refractivity contribution in [3.8, 4) is 0 Å². The molecule has 0 aliphatic carbocycles. The fourth-order valence-electron chi connectivity index (χ4n) is 0.989. The van der Waals surface area contributed by atoms with Crippen molar-refractivity contribution in [2.45, 2.75) is 13.5 Å². The van der Waals surface area contributed by atoms with Crippen molar-refractivity contribution in [1.29, 1.82) is 0 Å². The van der Waals surface area contributed by atoms with Gasteiger partial charge in [0.15, 0.2) is 0 Å². The predicted octanol–water partition coefficient (Wildman–Crippen LogP) is 1.25. The number of rotatable bonds is 4. The first-order chi connectivity index (χ1) is 6.25. The molecule has 0 atom stereocenters. The van der Waals surface area contributed by atoms with E-state index < -0.39 is 0 Å². The van der Waals surface area contributed by atoms with Gasteiger partial charge in [0.25, 0.3) is 0 Å². The van der Waals surface area contributed by atoms with Crippen LogP contribution < -0.4 is 5.73 Å². The Kier molecular flexibility index (Phi) is 3.79. The van der Waals surface area contributed by atoms with Crippen LogP contribution in [0.25, 0.3) is 0 Å². The standard InChI is InChI=1S/C9H12N2OS/c1-2-12-6-7-4-3-5-11-8(7)9(10)13/h3-5H,2,6H2,1H3,(H2,10,13). The summed E-state index contributed by atoms with van der Waals surface area (Å²) in [5, 5.41) is 0. The third kappa shape index (κ3) is 2.75. The third-order valence-corrected chi connectivity index (χ3v) is 1.78. The fourth-order valence-corrected chi connectivity index (χ4v) is 1.17. The van der Waals surface area contributed by atoms with Crippen LogP contribution >= 0.6 is 12.2 Å². The molecule has 0 aromatic carbocycles. The van der Waals surface area contributed by atoms with Crippen molar-refractivity contribution in [3.05, 3.63) is 29.6 Å². The Balaban J connectivity index is 2.84. The molecule has 0 fully saturated rings. The summed E-state index contributed by atoms with van der Waals surface area (Å²) in [7, 11) is 0. The number of aromatic nitrogens is 1. The van der Waals surface area contributed by atoms with Crippen LogP contribution in [-0.4, -0.2) is 16.6 Å². The van der Waals surface area contributed by atoms with E-state index in [1.54, 1.807) is 6.20 Å². The van der Waals surface area contributed by atoms with Gasteiger partial charge >= 0.3 is 0 Å². The summed E-state index contributed by atoms with van der Waals surface area (Å²) < 4.78 is 5.26. The van der Waals surface area contributed by atoms with Gasteiger partial charge in [-0.25, -0.2) is 0 Å². The zero-order valence-electron chi connectivity index (χ0n) is 7.49. The molecule has 70 valence electrons. The van der Waals surface area contributed by atoms with Crippen molar-refractivity contribution < 1.29 is 4.74 Å². The Labute approximate surface area is 82.9 Å². The SMILES string of the molecule is CCOCc1cccnc1C(N)=S. The molecular formula is C9H12N2OS. The normalized spacial score (nSPS) is 9.92. The number of nitrogens with two attached hydrogens (primary N) is 1. The lowest BCUT2D eigenvalue weighted by molar-refractivity contribution is 0.133. The summed E-state index contributed by atoms with van der Waals surface area (Å²) in [6.07, 6.45) is 1.67. The predicted molar refractivity (Wildman–Crippen MR) is 55.5 cm³/mol. The minimum absolute atomic E-state index is 0.315. The smallest absolute Gasteiger partial charge is 0.123 e. The topological polar surface area (TPSA) is 48.1 Å². The maximum Gasteiger partial charge on any atom is 0.123 e. The zero-order valence-corrected chi connectivity index (χ0v) is 8.30. The Morgan fingerprint density at radius 1 is 1.69 bits per heavy atom. The van der Waals surface area contributed by atoms with E-state index >= 15 is 0 Å². The van der Waals surface area contributed by atoms with E-state index in [1.807, 2.05) is 19.1 Å². The van der Waals surface area contributed by atoms with Gasteiger partial charge in [0.05, 0.1) is 6.61 Å². The third-order valence-electron chi connectivity index (χ3n) is 1.59. The summed E-state index contributed by atoms with van der Waals surface area (Å²) >= 11 is 4.86. The Morgan fingerprint density at radius 3 is 3.08 bits per heavy atom. The highest BCUT2D eigenvalue weighted by molar-refractivity contribution is 7.80. The van der Waals surface area contributed by atoms with Gasteiger partial charge in [-0.3, -0.25) is 4.98 Å². The second kappa shape index (κ2) is 4.89. The summed E-state index contributed by atoms with van der Waals surface area (Å²) in [5.74, 6) is 0. The molecular weight excluding hydrogens is 184 g/mol. The Hall–Kier alpha value is -1.00. The van der Waals surface area contributed by atoms with E-state index in [1.165, 1.54) is 0 Å². The van der Waals surface area contributed by atoms with Crippen molar-refractivity contribution in [1.82, 2.24) is 4.98 Å². The van der Waals surface area contributed by atoms with E-state index in [0.29, 0.717) is 23.9 Å². The van der Waals surface area contributed by atoms with Crippen molar-refractivity contribution in [2.75, 3.05) is 6.61 Å². The Bertz CT molecular complexity index is 301. The number of hydrogen-bond donors (Lipinski definition) is 1. The van der Waals surface area contributed by atoms with Gasteiger partial charge in [-0.2, -0.15) is 0 Å². The van der Waals surface area contributed by atoms with Crippen molar-refractivity contribution in [3.63, 3.8) is 0 Å². The molecule has 0 spiro atoms. The second-order valence-corrected chi connectivity index (χ2v) is 2.95. The van der Waals surface area contributed by atoms with Crippen LogP contribution in [0, 0.1) is 0 Å². The van der Waals surface area contributed by atoms with Crippen LogP contribution in [0.5, 0.6) is 0 Å². The number of ether oxygens (including phenoxy) is 1. The summed E-state index contributed by atoms with van der Waals surface area (Å²) in [6, 6.07) is 3.76. The first kappa shape index (κ1) is 10.1. The van der Waals surface area contributed by atoms with Gasteiger partial charge in [0, 0.05) is 18.4 Å². The first-order valence-corrected chi connectivity index (χ1v) is 4.48. The van der Waals surface area contributed by atoms with E-state index in [0.717, 1.165) is 5.56 Å². The maximum absolute atomic E-state index is 5.50. The minimum Gasteiger partial charge on any atom is -0.388 e. The largest absolute Gasteiger partial charge is 0.388 e. The molecule has 0 aliphatic rings. The summed E-state index contributed by atoms with van der Waals surface area (Å²) in [5.41, 5.74) is 7.10. The molecule has 3 nitrogen and oxygen atoms in total. The molecule has 0 radical (unpaired) electrons. The van der Waals surface area contributed by atoms with Crippen LogP contribution in [0.15, 0.2) is 18.3 Å². The highest BCUT2D eigenvalue weighted by atomic mass is 32.1. The lowest BCUT2D eigenvalue weighted by atomic mass is 10.2. The summed E-state index contributed by atoms with van der Waals surface area (Å²) in [6.45, 7) is 3.12. The average Bonchev–Trinajstić information content (AvgIpc) is 2.15. The zero-order chi connectivity index (χ0) is 9.68. The molecule has 0 amide bonds. The highest BCUT2D eigenvalue weighted by Crippen LogP contribution is 2.06. The quantitative estimate of drug-likeness (QED) is 0.736.